The van der Waals surface area contributed by atoms with Gasteiger partial charge in [-0.25, -0.2) is 4.98 Å². The monoisotopic (exact) mass is 383 g/mol. The molecular weight excluding hydrogens is 362 g/mol. The van der Waals surface area contributed by atoms with Crippen LogP contribution in [0.1, 0.15) is 48.9 Å². The largest absolute Gasteiger partial charge is 0.458 e. The summed E-state index contributed by atoms with van der Waals surface area (Å²) in [5, 5.41) is 5.08. The third-order valence-electron chi connectivity index (χ3n) is 5.17. The first-order valence-corrected chi connectivity index (χ1v) is 10.1. The molecule has 1 aliphatic carbocycles. The van der Waals surface area contributed by atoms with Crippen LogP contribution < -0.4 is 5.56 Å². The molecule has 0 aliphatic heterocycles. The molecule has 1 saturated carbocycles. The van der Waals surface area contributed by atoms with Crippen molar-refractivity contribution in [1.82, 2.24) is 14.6 Å². The molecule has 4 rings (SSSR count). The number of hydrogen-bond acceptors (Lipinski definition) is 6. The zero-order chi connectivity index (χ0) is 18.9. The van der Waals surface area contributed by atoms with E-state index in [1.165, 1.54) is 21.9 Å². The molecule has 0 saturated heterocycles. The SMILES string of the molecule is CCc1nn2c(=O)cc(COC(=O)C3(c4ccccc4)CCCC3)nc2s1. The molecule has 140 valence electrons. The lowest BCUT2D eigenvalue weighted by Gasteiger charge is -2.27. The van der Waals surface area contributed by atoms with Crippen molar-refractivity contribution in [1.29, 1.82) is 0 Å². The van der Waals surface area contributed by atoms with Gasteiger partial charge in [0, 0.05) is 6.07 Å². The van der Waals surface area contributed by atoms with Crippen molar-refractivity contribution in [2.45, 2.75) is 51.0 Å². The van der Waals surface area contributed by atoms with Gasteiger partial charge in [0.1, 0.15) is 11.6 Å². The van der Waals surface area contributed by atoms with E-state index >= 15 is 0 Å². The van der Waals surface area contributed by atoms with Gasteiger partial charge in [-0.3, -0.25) is 9.59 Å². The zero-order valence-corrected chi connectivity index (χ0v) is 16.0. The number of carbonyl (C=O) groups excluding carboxylic acids is 1. The van der Waals surface area contributed by atoms with Crippen LogP contribution in [0.4, 0.5) is 0 Å². The smallest absolute Gasteiger partial charge is 0.316 e. The molecule has 2 heterocycles. The minimum atomic E-state index is -0.583. The number of rotatable bonds is 5. The van der Waals surface area contributed by atoms with Crippen LogP contribution in [0.2, 0.25) is 0 Å². The van der Waals surface area contributed by atoms with Crippen LogP contribution in [-0.4, -0.2) is 20.6 Å². The van der Waals surface area contributed by atoms with E-state index < -0.39 is 5.41 Å². The van der Waals surface area contributed by atoms with Crippen LogP contribution in [0.5, 0.6) is 0 Å². The summed E-state index contributed by atoms with van der Waals surface area (Å²) in [6.45, 7) is 1.98. The molecule has 7 heteroatoms. The fraction of sp³-hybridized carbons (Fsp3) is 0.400. The molecule has 0 bridgehead atoms. The summed E-state index contributed by atoms with van der Waals surface area (Å²) in [7, 11) is 0. The van der Waals surface area contributed by atoms with Crippen LogP contribution in [0, 0.1) is 0 Å². The maximum atomic E-state index is 13.0. The second-order valence-electron chi connectivity index (χ2n) is 6.86. The van der Waals surface area contributed by atoms with E-state index in [1.54, 1.807) is 0 Å². The van der Waals surface area contributed by atoms with Gasteiger partial charge in [-0.1, -0.05) is 61.4 Å². The molecule has 0 radical (unpaired) electrons. The summed E-state index contributed by atoms with van der Waals surface area (Å²) in [5.41, 5.74) is 0.632. The topological polar surface area (TPSA) is 73.6 Å². The van der Waals surface area contributed by atoms with Gasteiger partial charge in [0.15, 0.2) is 0 Å². The van der Waals surface area contributed by atoms with Gasteiger partial charge in [-0.2, -0.15) is 9.61 Å². The van der Waals surface area contributed by atoms with E-state index in [1.807, 2.05) is 37.3 Å². The Labute approximate surface area is 160 Å². The molecule has 3 aromatic rings. The molecule has 1 fully saturated rings. The van der Waals surface area contributed by atoms with Crippen molar-refractivity contribution in [3.8, 4) is 0 Å². The van der Waals surface area contributed by atoms with E-state index in [0.29, 0.717) is 10.7 Å². The average molecular weight is 383 g/mol. The lowest BCUT2D eigenvalue weighted by molar-refractivity contribution is -0.152. The van der Waals surface area contributed by atoms with Crippen molar-refractivity contribution in [3.63, 3.8) is 0 Å². The van der Waals surface area contributed by atoms with Gasteiger partial charge in [0.05, 0.1) is 11.1 Å². The molecule has 0 amide bonds. The lowest BCUT2D eigenvalue weighted by Crippen LogP contribution is -2.34. The molecule has 0 N–H and O–H groups in total. The number of aryl methyl sites for hydroxylation is 1. The fourth-order valence-electron chi connectivity index (χ4n) is 3.74. The molecular formula is C20H21N3O3S. The lowest BCUT2D eigenvalue weighted by atomic mass is 9.79. The Kier molecular flexibility index (Phi) is 4.78. The predicted octanol–water partition coefficient (Wildman–Crippen LogP) is 3.27. The maximum Gasteiger partial charge on any atom is 0.316 e. The van der Waals surface area contributed by atoms with Gasteiger partial charge in [-0.15, -0.1) is 0 Å². The quantitative estimate of drug-likeness (QED) is 0.632. The van der Waals surface area contributed by atoms with Crippen molar-refractivity contribution in [2.75, 3.05) is 0 Å². The summed E-state index contributed by atoms with van der Waals surface area (Å²) in [5.74, 6) is -0.230. The van der Waals surface area contributed by atoms with E-state index in [-0.39, 0.29) is 18.1 Å². The van der Waals surface area contributed by atoms with E-state index in [9.17, 15) is 9.59 Å². The molecule has 27 heavy (non-hydrogen) atoms. The summed E-state index contributed by atoms with van der Waals surface area (Å²) in [6, 6.07) is 11.2. The molecule has 1 aromatic carbocycles. The third-order valence-corrected chi connectivity index (χ3v) is 6.22. The summed E-state index contributed by atoms with van der Waals surface area (Å²) in [6.07, 6.45) is 4.35. The Balaban J connectivity index is 1.56. The summed E-state index contributed by atoms with van der Waals surface area (Å²) in [4.78, 5) is 30.2. The van der Waals surface area contributed by atoms with Gasteiger partial charge in [0.2, 0.25) is 4.96 Å². The molecule has 2 aromatic heterocycles. The number of aromatic nitrogens is 3. The predicted molar refractivity (Wildman–Crippen MR) is 103 cm³/mol. The van der Waals surface area contributed by atoms with Gasteiger partial charge < -0.3 is 4.74 Å². The Morgan fingerprint density at radius 3 is 2.70 bits per heavy atom. The molecule has 6 nitrogen and oxygen atoms in total. The molecule has 0 unspecified atom stereocenters. The highest BCUT2D eigenvalue weighted by Gasteiger charge is 2.44. The number of carbonyl (C=O) groups is 1. The number of esters is 1. The van der Waals surface area contributed by atoms with Crippen LogP contribution in [0.15, 0.2) is 41.2 Å². The van der Waals surface area contributed by atoms with E-state index in [0.717, 1.165) is 42.7 Å². The first-order valence-electron chi connectivity index (χ1n) is 9.24. The summed E-state index contributed by atoms with van der Waals surface area (Å²) < 4.78 is 6.94. The van der Waals surface area contributed by atoms with Crippen molar-refractivity contribution < 1.29 is 9.53 Å². The number of hydrogen-bond donors (Lipinski definition) is 0. The van der Waals surface area contributed by atoms with Crippen LogP contribution in [-0.2, 0) is 28.0 Å². The Bertz CT molecular complexity index is 1020. The maximum absolute atomic E-state index is 13.0. The minimum Gasteiger partial charge on any atom is -0.458 e. The number of nitrogens with zero attached hydrogens (tertiary/aromatic N) is 3. The second kappa shape index (κ2) is 7.23. The minimum absolute atomic E-state index is 0.00147. The van der Waals surface area contributed by atoms with Crippen LogP contribution >= 0.6 is 11.3 Å². The van der Waals surface area contributed by atoms with Crippen molar-refractivity contribution in [3.05, 3.63) is 63.0 Å². The summed E-state index contributed by atoms with van der Waals surface area (Å²) >= 11 is 1.38. The van der Waals surface area contributed by atoms with Crippen LogP contribution in [0.3, 0.4) is 0 Å². The standard InChI is InChI=1S/C20H21N3O3S/c1-2-16-22-23-17(24)12-15(21-19(23)27-16)13-26-18(25)20(10-6-7-11-20)14-8-4-3-5-9-14/h3-5,8-9,12H,2,6-7,10-11,13H2,1H3. The zero-order valence-electron chi connectivity index (χ0n) is 15.2. The highest BCUT2D eigenvalue weighted by Crippen LogP contribution is 2.42. The van der Waals surface area contributed by atoms with E-state index in [4.69, 9.17) is 4.74 Å². The second-order valence-corrected chi connectivity index (χ2v) is 7.90. The van der Waals surface area contributed by atoms with Gasteiger partial charge in [-0.05, 0) is 24.8 Å². The Hall–Kier alpha value is -2.54. The third kappa shape index (κ3) is 3.27. The Morgan fingerprint density at radius 2 is 2.00 bits per heavy atom. The number of ether oxygens (including phenoxy) is 1. The first-order chi connectivity index (χ1) is 13.1. The van der Waals surface area contributed by atoms with Crippen molar-refractivity contribution in [2.24, 2.45) is 0 Å². The first kappa shape index (κ1) is 17.9. The average Bonchev–Trinajstić information content (AvgIpc) is 3.35. The highest BCUT2D eigenvalue weighted by atomic mass is 32.1. The Morgan fingerprint density at radius 1 is 1.26 bits per heavy atom. The number of fused-ring (bicyclic) bond motifs is 1. The molecule has 1 aliphatic rings. The van der Waals surface area contributed by atoms with Crippen molar-refractivity contribution >= 4 is 22.3 Å². The normalized spacial score (nSPS) is 15.9. The number of benzene rings is 1. The fourth-order valence-corrected chi connectivity index (χ4v) is 4.59. The highest BCUT2D eigenvalue weighted by molar-refractivity contribution is 7.16. The van der Waals surface area contributed by atoms with E-state index in [2.05, 4.69) is 10.1 Å². The van der Waals surface area contributed by atoms with Gasteiger partial charge >= 0.3 is 5.97 Å². The van der Waals surface area contributed by atoms with Gasteiger partial charge in [0.25, 0.3) is 5.56 Å². The molecule has 0 spiro atoms. The molecule has 0 atom stereocenters. The van der Waals surface area contributed by atoms with Crippen LogP contribution in [0.25, 0.3) is 4.96 Å².